The SMILES string of the molecule is CC/C(Cl)=C(\NC=NC)NC1(C)CCOCC1. The highest BCUT2D eigenvalue weighted by Crippen LogP contribution is 2.22. The van der Waals surface area contributed by atoms with E-state index < -0.39 is 0 Å². The molecule has 5 heteroatoms. The van der Waals surface area contributed by atoms with Crippen molar-refractivity contribution in [3.05, 3.63) is 10.9 Å². The minimum absolute atomic E-state index is 0.0392. The second-order valence-electron chi connectivity index (χ2n) is 4.46. The van der Waals surface area contributed by atoms with Gasteiger partial charge in [0, 0.05) is 25.8 Å². The zero-order chi connectivity index (χ0) is 12.7. The first kappa shape index (κ1) is 14.3. The minimum Gasteiger partial charge on any atom is -0.381 e. The summed E-state index contributed by atoms with van der Waals surface area (Å²) in [5.41, 5.74) is 0.0392. The van der Waals surface area contributed by atoms with Crippen LogP contribution in [0.5, 0.6) is 0 Å². The van der Waals surface area contributed by atoms with Crippen LogP contribution in [0.15, 0.2) is 15.8 Å². The number of aliphatic imine (C=N–C) groups is 1. The van der Waals surface area contributed by atoms with Crippen molar-refractivity contribution in [3.8, 4) is 0 Å². The molecule has 0 aromatic carbocycles. The summed E-state index contributed by atoms with van der Waals surface area (Å²) in [5.74, 6) is 0.851. The number of nitrogens with one attached hydrogen (secondary N) is 2. The van der Waals surface area contributed by atoms with Gasteiger partial charge >= 0.3 is 0 Å². The summed E-state index contributed by atoms with van der Waals surface area (Å²) in [6, 6.07) is 0. The van der Waals surface area contributed by atoms with Gasteiger partial charge in [-0.1, -0.05) is 18.5 Å². The monoisotopic (exact) mass is 259 g/mol. The van der Waals surface area contributed by atoms with Gasteiger partial charge in [-0.3, -0.25) is 4.99 Å². The first-order valence-electron chi connectivity index (χ1n) is 6.03. The summed E-state index contributed by atoms with van der Waals surface area (Å²) >= 11 is 6.21. The molecule has 1 fully saturated rings. The molecular weight excluding hydrogens is 238 g/mol. The molecule has 0 bridgehead atoms. The van der Waals surface area contributed by atoms with Crippen molar-refractivity contribution >= 4 is 17.9 Å². The summed E-state index contributed by atoms with van der Waals surface area (Å²) in [6.07, 6.45) is 4.40. The van der Waals surface area contributed by atoms with Crippen LogP contribution in [0.4, 0.5) is 0 Å². The Morgan fingerprint density at radius 3 is 2.65 bits per heavy atom. The Hall–Kier alpha value is -0.740. The van der Waals surface area contributed by atoms with E-state index in [2.05, 4.69) is 22.5 Å². The Kier molecular flexibility index (Phi) is 5.78. The van der Waals surface area contributed by atoms with E-state index in [-0.39, 0.29) is 5.54 Å². The Morgan fingerprint density at radius 2 is 2.12 bits per heavy atom. The molecule has 2 N–H and O–H groups in total. The standard InChI is InChI=1S/C12H22ClN3O/c1-4-10(13)11(15-9-14-3)16-12(2)5-7-17-8-6-12/h9,16H,4-8H2,1-3H3,(H,14,15)/b11-10-. The van der Waals surface area contributed by atoms with E-state index in [1.807, 2.05) is 6.92 Å². The first-order valence-corrected chi connectivity index (χ1v) is 6.41. The lowest BCUT2D eigenvalue weighted by atomic mass is 9.92. The molecule has 0 aromatic heterocycles. The lowest BCUT2D eigenvalue weighted by Crippen LogP contribution is -2.48. The van der Waals surface area contributed by atoms with Crippen LogP contribution in [0.25, 0.3) is 0 Å². The maximum absolute atomic E-state index is 6.21. The second kappa shape index (κ2) is 6.87. The van der Waals surface area contributed by atoms with Crippen molar-refractivity contribution in [3.63, 3.8) is 0 Å². The van der Waals surface area contributed by atoms with Crippen LogP contribution < -0.4 is 10.6 Å². The van der Waals surface area contributed by atoms with Crippen LogP contribution in [0.2, 0.25) is 0 Å². The first-order chi connectivity index (χ1) is 8.11. The smallest absolute Gasteiger partial charge is 0.119 e. The van der Waals surface area contributed by atoms with Gasteiger partial charge in [-0.15, -0.1) is 0 Å². The van der Waals surface area contributed by atoms with Crippen LogP contribution in [-0.2, 0) is 4.74 Å². The van der Waals surface area contributed by atoms with Crippen molar-refractivity contribution in [2.24, 2.45) is 4.99 Å². The highest BCUT2D eigenvalue weighted by atomic mass is 35.5. The molecule has 1 aliphatic heterocycles. The third kappa shape index (κ3) is 4.56. The molecule has 0 radical (unpaired) electrons. The third-order valence-electron chi connectivity index (χ3n) is 2.94. The normalized spacial score (nSPS) is 21.2. The molecule has 4 nitrogen and oxygen atoms in total. The maximum atomic E-state index is 6.21. The molecule has 1 saturated heterocycles. The molecule has 0 atom stereocenters. The van der Waals surface area contributed by atoms with Crippen molar-refractivity contribution in [1.82, 2.24) is 10.6 Å². The Bertz CT molecular complexity index is 296. The van der Waals surface area contributed by atoms with Crippen molar-refractivity contribution in [2.45, 2.75) is 38.6 Å². The number of nitrogens with zero attached hydrogens (tertiary/aromatic N) is 1. The van der Waals surface area contributed by atoms with Crippen LogP contribution >= 0.6 is 11.6 Å². The number of halogens is 1. The van der Waals surface area contributed by atoms with Gasteiger partial charge in [0.25, 0.3) is 0 Å². The largest absolute Gasteiger partial charge is 0.381 e. The summed E-state index contributed by atoms with van der Waals surface area (Å²) in [7, 11) is 1.72. The van der Waals surface area contributed by atoms with Crippen LogP contribution in [0.1, 0.15) is 33.1 Å². The highest BCUT2D eigenvalue weighted by molar-refractivity contribution is 6.29. The van der Waals surface area contributed by atoms with E-state index in [1.165, 1.54) is 0 Å². The quantitative estimate of drug-likeness (QED) is 0.588. The van der Waals surface area contributed by atoms with Gasteiger partial charge in [0.15, 0.2) is 0 Å². The molecule has 0 spiro atoms. The number of hydrogen-bond acceptors (Lipinski definition) is 3. The second-order valence-corrected chi connectivity index (χ2v) is 4.92. The minimum atomic E-state index is 0.0392. The number of allylic oxidation sites excluding steroid dienone is 1. The zero-order valence-electron chi connectivity index (χ0n) is 10.8. The van der Waals surface area contributed by atoms with Crippen molar-refractivity contribution < 1.29 is 4.74 Å². The maximum Gasteiger partial charge on any atom is 0.119 e. The van der Waals surface area contributed by atoms with Gasteiger partial charge < -0.3 is 15.4 Å². The third-order valence-corrected chi connectivity index (χ3v) is 3.40. The van der Waals surface area contributed by atoms with Gasteiger partial charge in [-0.25, -0.2) is 0 Å². The van der Waals surface area contributed by atoms with Gasteiger partial charge in [0.2, 0.25) is 0 Å². The molecular formula is C12H22ClN3O. The number of hydrogen-bond donors (Lipinski definition) is 2. The van der Waals surface area contributed by atoms with E-state index >= 15 is 0 Å². The van der Waals surface area contributed by atoms with Crippen LogP contribution in [0, 0.1) is 0 Å². The molecule has 0 saturated carbocycles. The summed E-state index contributed by atoms with van der Waals surface area (Å²) < 4.78 is 5.38. The van der Waals surface area contributed by atoms with Gasteiger partial charge in [-0.05, 0) is 26.2 Å². The number of rotatable bonds is 5. The predicted octanol–water partition coefficient (Wildman–Crippen LogP) is 2.21. The molecule has 1 rings (SSSR count). The molecule has 0 aliphatic carbocycles. The van der Waals surface area contributed by atoms with Gasteiger partial charge in [0.1, 0.15) is 5.82 Å². The van der Waals surface area contributed by atoms with E-state index in [4.69, 9.17) is 16.3 Å². The summed E-state index contributed by atoms with van der Waals surface area (Å²) in [6.45, 7) is 5.81. The van der Waals surface area contributed by atoms with Crippen LogP contribution in [0.3, 0.4) is 0 Å². The summed E-state index contributed by atoms with van der Waals surface area (Å²) in [4.78, 5) is 3.91. The molecule has 1 heterocycles. The van der Waals surface area contributed by atoms with E-state index in [1.54, 1.807) is 13.4 Å². The van der Waals surface area contributed by atoms with E-state index in [9.17, 15) is 0 Å². The topological polar surface area (TPSA) is 45.7 Å². The fourth-order valence-corrected chi connectivity index (χ4v) is 1.84. The fraction of sp³-hybridized carbons (Fsp3) is 0.750. The zero-order valence-corrected chi connectivity index (χ0v) is 11.6. The lowest BCUT2D eigenvalue weighted by Gasteiger charge is -2.36. The molecule has 0 aromatic rings. The summed E-state index contributed by atoms with van der Waals surface area (Å²) in [5, 5.41) is 7.37. The predicted molar refractivity (Wildman–Crippen MR) is 72.3 cm³/mol. The molecule has 0 amide bonds. The van der Waals surface area contributed by atoms with E-state index in [0.29, 0.717) is 0 Å². The van der Waals surface area contributed by atoms with Crippen molar-refractivity contribution in [1.29, 1.82) is 0 Å². The molecule has 1 aliphatic rings. The molecule has 98 valence electrons. The van der Waals surface area contributed by atoms with Gasteiger partial charge in [-0.2, -0.15) is 0 Å². The Balaban J connectivity index is 2.71. The lowest BCUT2D eigenvalue weighted by molar-refractivity contribution is 0.0486. The van der Waals surface area contributed by atoms with Crippen LogP contribution in [-0.4, -0.2) is 32.1 Å². The van der Waals surface area contributed by atoms with E-state index in [0.717, 1.165) is 43.3 Å². The fourth-order valence-electron chi connectivity index (χ4n) is 1.74. The Morgan fingerprint density at radius 1 is 1.47 bits per heavy atom. The highest BCUT2D eigenvalue weighted by Gasteiger charge is 2.28. The van der Waals surface area contributed by atoms with Gasteiger partial charge in [0.05, 0.1) is 11.4 Å². The number of ether oxygens (including phenoxy) is 1. The molecule has 17 heavy (non-hydrogen) atoms. The van der Waals surface area contributed by atoms with Crippen molar-refractivity contribution in [2.75, 3.05) is 20.3 Å². The molecule has 0 unspecified atom stereocenters. The average Bonchev–Trinajstić information content (AvgIpc) is 2.34. The Labute approximate surface area is 108 Å². The average molecular weight is 260 g/mol.